The van der Waals surface area contributed by atoms with E-state index in [-0.39, 0.29) is 5.41 Å². The lowest BCUT2D eigenvalue weighted by Crippen LogP contribution is -2.28. The fourth-order valence-corrected chi connectivity index (χ4v) is 9.08. The molecule has 224 valence electrons. The van der Waals surface area contributed by atoms with E-state index in [0.717, 1.165) is 25.1 Å². The number of benzene rings is 6. The third kappa shape index (κ3) is 3.50. The molecule has 7 aromatic rings. The molecule has 47 heavy (non-hydrogen) atoms. The highest BCUT2D eigenvalue weighted by Gasteiger charge is 2.52. The lowest BCUT2D eigenvalue weighted by atomic mass is 9.68. The maximum absolute atomic E-state index is 2.51. The Morgan fingerprint density at radius 3 is 2.09 bits per heavy atom. The molecule has 0 saturated carbocycles. The van der Waals surface area contributed by atoms with Gasteiger partial charge >= 0.3 is 0 Å². The van der Waals surface area contributed by atoms with Crippen LogP contribution in [-0.4, -0.2) is 4.57 Å². The number of hydrogen-bond donors (Lipinski definition) is 0. The summed E-state index contributed by atoms with van der Waals surface area (Å²) < 4.78 is 2.43. The lowest BCUT2D eigenvalue weighted by molar-refractivity contribution is 0.714. The summed E-state index contributed by atoms with van der Waals surface area (Å²) in [6.07, 6.45) is 6.89. The van der Waals surface area contributed by atoms with Gasteiger partial charge in [0.15, 0.2) is 0 Å². The Labute approximate surface area is 275 Å². The van der Waals surface area contributed by atoms with E-state index in [4.69, 9.17) is 0 Å². The second-order valence-electron chi connectivity index (χ2n) is 13.0. The van der Waals surface area contributed by atoms with Gasteiger partial charge in [0.25, 0.3) is 0 Å². The number of aromatic nitrogens is 1. The van der Waals surface area contributed by atoms with Crippen LogP contribution in [0.1, 0.15) is 42.0 Å². The maximum atomic E-state index is 2.51. The largest absolute Gasteiger partial charge is 0.341 e. The molecule has 1 atom stereocenters. The Bertz CT molecular complexity index is 2460. The fourth-order valence-electron chi connectivity index (χ4n) is 9.08. The van der Waals surface area contributed by atoms with Crippen molar-refractivity contribution in [3.05, 3.63) is 180 Å². The summed E-state index contributed by atoms with van der Waals surface area (Å²) in [5.41, 5.74) is 17.0. The summed E-state index contributed by atoms with van der Waals surface area (Å²) in [5.74, 6) is 0. The molecule has 0 N–H and O–H groups in total. The van der Waals surface area contributed by atoms with Crippen LogP contribution in [0.2, 0.25) is 0 Å². The molecular weight excluding hydrogens is 569 g/mol. The molecule has 2 nitrogen and oxygen atoms in total. The van der Waals surface area contributed by atoms with Crippen LogP contribution >= 0.6 is 0 Å². The van der Waals surface area contributed by atoms with E-state index >= 15 is 0 Å². The van der Waals surface area contributed by atoms with Crippen LogP contribution in [0.5, 0.6) is 0 Å². The zero-order chi connectivity index (χ0) is 31.1. The quantitative estimate of drug-likeness (QED) is 0.195. The standard InChI is InChI=1S/C45H34N2/c1-2-46-43-23-13-9-19-37(43)38-28-31(25-27-44(38)46)47(30-14-4-3-5-15-30)32-24-26-36-35-18-8-12-22-41(35)45(42(36)29-32)39-20-10-6-16-33(39)34-17-7-11-21-40(34)45/h3-10,12-20,22-29H,2,11,21H2,1H3. The lowest BCUT2D eigenvalue weighted by Gasteiger charge is -2.34. The smallest absolute Gasteiger partial charge is 0.0689 e. The number of nitrogens with zero attached hydrogens (tertiary/aromatic N) is 2. The highest BCUT2D eigenvalue weighted by molar-refractivity contribution is 6.09. The summed E-state index contributed by atoms with van der Waals surface area (Å²) in [7, 11) is 0. The summed E-state index contributed by atoms with van der Waals surface area (Å²) in [6.45, 7) is 3.17. The maximum Gasteiger partial charge on any atom is 0.0689 e. The first-order chi connectivity index (χ1) is 23.3. The number of fused-ring (bicyclic) bond motifs is 12. The number of anilines is 3. The second-order valence-corrected chi connectivity index (χ2v) is 13.0. The zero-order valence-electron chi connectivity index (χ0n) is 26.4. The Morgan fingerprint density at radius 2 is 1.23 bits per heavy atom. The van der Waals surface area contributed by atoms with E-state index in [1.807, 2.05) is 0 Å². The minimum atomic E-state index is -0.292. The molecule has 0 amide bonds. The average molecular weight is 603 g/mol. The molecule has 0 aliphatic heterocycles. The molecule has 1 unspecified atom stereocenters. The summed E-state index contributed by atoms with van der Waals surface area (Å²) in [6, 6.07) is 52.2. The van der Waals surface area contributed by atoms with Gasteiger partial charge in [-0.2, -0.15) is 0 Å². The number of para-hydroxylation sites is 2. The van der Waals surface area contributed by atoms with Crippen molar-refractivity contribution in [2.75, 3.05) is 4.90 Å². The van der Waals surface area contributed by atoms with Gasteiger partial charge < -0.3 is 9.47 Å². The third-order valence-electron chi connectivity index (χ3n) is 10.9. The molecule has 10 rings (SSSR count). The van der Waals surface area contributed by atoms with Crippen molar-refractivity contribution >= 4 is 44.4 Å². The summed E-state index contributed by atoms with van der Waals surface area (Å²) >= 11 is 0. The highest BCUT2D eigenvalue weighted by Crippen LogP contribution is 2.64. The van der Waals surface area contributed by atoms with Crippen molar-refractivity contribution in [3.63, 3.8) is 0 Å². The first kappa shape index (κ1) is 26.6. The van der Waals surface area contributed by atoms with E-state index in [1.54, 1.807) is 5.57 Å². The average Bonchev–Trinajstić information content (AvgIpc) is 3.73. The van der Waals surface area contributed by atoms with Crippen molar-refractivity contribution in [1.82, 2.24) is 4.57 Å². The molecule has 0 bridgehead atoms. The first-order valence-electron chi connectivity index (χ1n) is 16.9. The Hall–Kier alpha value is -5.60. The predicted molar refractivity (Wildman–Crippen MR) is 197 cm³/mol. The Balaban J connectivity index is 1.25. The minimum Gasteiger partial charge on any atom is -0.341 e. The number of allylic oxidation sites excluding steroid dienone is 4. The van der Waals surface area contributed by atoms with Gasteiger partial charge in [-0.1, -0.05) is 103 Å². The van der Waals surface area contributed by atoms with Crippen LogP contribution in [-0.2, 0) is 12.0 Å². The van der Waals surface area contributed by atoms with Crippen LogP contribution < -0.4 is 4.90 Å². The van der Waals surface area contributed by atoms with Crippen molar-refractivity contribution in [2.24, 2.45) is 0 Å². The summed E-state index contributed by atoms with van der Waals surface area (Å²) in [4.78, 5) is 2.45. The Kier molecular flexibility index (Phi) is 5.63. The molecular formula is C45H34N2. The van der Waals surface area contributed by atoms with E-state index in [1.165, 1.54) is 72.1 Å². The monoisotopic (exact) mass is 602 g/mol. The van der Waals surface area contributed by atoms with Crippen LogP contribution in [0.15, 0.2) is 157 Å². The third-order valence-corrected chi connectivity index (χ3v) is 10.9. The molecule has 6 aromatic carbocycles. The molecule has 0 saturated heterocycles. The van der Waals surface area contributed by atoms with Gasteiger partial charge in [-0.3, -0.25) is 0 Å². The van der Waals surface area contributed by atoms with Gasteiger partial charge in [0.05, 0.1) is 5.41 Å². The molecule has 3 aliphatic rings. The van der Waals surface area contributed by atoms with Gasteiger partial charge in [-0.25, -0.2) is 0 Å². The molecule has 1 spiro atoms. The van der Waals surface area contributed by atoms with Crippen LogP contribution in [0.3, 0.4) is 0 Å². The van der Waals surface area contributed by atoms with Crippen LogP contribution in [0.25, 0.3) is 38.5 Å². The molecule has 3 aliphatic carbocycles. The van der Waals surface area contributed by atoms with Crippen molar-refractivity contribution in [2.45, 2.75) is 31.7 Å². The molecule has 1 heterocycles. The first-order valence-corrected chi connectivity index (χ1v) is 16.9. The molecule has 1 aromatic heterocycles. The molecule has 2 heteroatoms. The topological polar surface area (TPSA) is 8.17 Å². The predicted octanol–water partition coefficient (Wildman–Crippen LogP) is 11.7. The molecule has 0 radical (unpaired) electrons. The van der Waals surface area contributed by atoms with Gasteiger partial charge in [-0.05, 0) is 113 Å². The highest BCUT2D eigenvalue weighted by atomic mass is 15.1. The van der Waals surface area contributed by atoms with E-state index < -0.39 is 0 Å². The summed E-state index contributed by atoms with van der Waals surface area (Å²) in [5, 5.41) is 2.59. The van der Waals surface area contributed by atoms with Gasteiger partial charge in [-0.15, -0.1) is 0 Å². The van der Waals surface area contributed by atoms with Crippen molar-refractivity contribution in [3.8, 4) is 11.1 Å². The molecule has 0 fully saturated rings. The zero-order valence-corrected chi connectivity index (χ0v) is 26.4. The Morgan fingerprint density at radius 1 is 0.574 bits per heavy atom. The van der Waals surface area contributed by atoms with E-state index in [0.29, 0.717) is 0 Å². The number of rotatable bonds is 4. The van der Waals surface area contributed by atoms with Gasteiger partial charge in [0.2, 0.25) is 0 Å². The van der Waals surface area contributed by atoms with Gasteiger partial charge in [0.1, 0.15) is 0 Å². The van der Waals surface area contributed by atoms with Gasteiger partial charge in [0, 0.05) is 45.4 Å². The van der Waals surface area contributed by atoms with Crippen molar-refractivity contribution < 1.29 is 0 Å². The second kappa shape index (κ2) is 9.95. The number of hydrogen-bond acceptors (Lipinski definition) is 1. The van der Waals surface area contributed by atoms with Crippen molar-refractivity contribution in [1.29, 1.82) is 0 Å². The van der Waals surface area contributed by atoms with E-state index in [2.05, 4.69) is 168 Å². The number of aryl methyl sites for hydroxylation is 1. The van der Waals surface area contributed by atoms with Crippen LogP contribution in [0.4, 0.5) is 17.1 Å². The SMILES string of the molecule is CCn1c2ccccc2c2cc(N(c3ccccc3)c3ccc4c(c3)C3(C5=C(C=CCC5)c5ccccc53)c3ccccc3-4)ccc21. The fraction of sp³-hybridized carbons (Fsp3) is 0.111. The van der Waals surface area contributed by atoms with Crippen LogP contribution in [0, 0.1) is 0 Å². The normalized spacial score (nSPS) is 17.3. The van der Waals surface area contributed by atoms with E-state index in [9.17, 15) is 0 Å². The minimum absolute atomic E-state index is 0.292.